The summed E-state index contributed by atoms with van der Waals surface area (Å²) in [7, 11) is 1.69. The Morgan fingerprint density at radius 2 is 2.05 bits per heavy atom. The average Bonchev–Trinajstić information content (AvgIpc) is 2.47. The Morgan fingerprint density at radius 3 is 2.65 bits per heavy atom. The highest BCUT2D eigenvalue weighted by Gasteiger charge is 2.08. The standard InChI is InChI=1S/C17H27NO2/c1-5-11-18-13-14(6-2)12-15-9-8-10-16(20-7-3)17(15)19-4/h8-10,12,18H,5-7,11,13H2,1-4H3. The number of hydrogen-bond donors (Lipinski definition) is 1. The number of nitrogens with one attached hydrogen (secondary N) is 1. The van der Waals surface area contributed by atoms with Crippen LogP contribution < -0.4 is 14.8 Å². The summed E-state index contributed by atoms with van der Waals surface area (Å²) in [5, 5.41) is 3.44. The van der Waals surface area contributed by atoms with Crippen molar-refractivity contribution < 1.29 is 9.47 Å². The van der Waals surface area contributed by atoms with Gasteiger partial charge in [0.05, 0.1) is 13.7 Å². The monoisotopic (exact) mass is 277 g/mol. The fourth-order valence-corrected chi connectivity index (χ4v) is 2.06. The second-order valence-corrected chi connectivity index (χ2v) is 4.64. The van der Waals surface area contributed by atoms with Crippen LogP contribution in [0.5, 0.6) is 11.5 Å². The zero-order valence-corrected chi connectivity index (χ0v) is 13.2. The van der Waals surface area contributed by atoms with E-state index >= 15 is 0 Å². The molecule has 0 unspecified atom stereocenters. The van der Waals surface area contributed by atoms with Crippen LogP contribution in [0, 0.1) is 0 Å². The summed E-state index contributed by atoms with van der Waals surface area (Å²) in [4.78, 5) is 0. The van der Waals surface area contributed by atoms with E-state index in [1.165, 1.54) is 5.57 Å². The van der Waals surface area contributed by atoms with Gasteiger partial charge < -0.3 is 14.8 Å². The summed E-state index contributed by atoms with van der Waals surface area (Å²) in [5.74, 6) is 1.62. The molecular weight excluding hydrogens is 250 g/mol. The van der Waals surface area contributed by atoms with Gasteiger partial charge in [0.25, 0.3) is 0 Å². The van der Waals surface area contributed by atoms with Crippen molar-refractivity contribution in [3.8, 4) is 11.5 Å². The summed E-state index contributed by atoms with van der Waals surface area (Å²) in [6.45, 7) is 8.95. The minimum Gasteiger partial charge on any atom is -0.492 e. The molecule has 0 heterocycles. The third-order valence-corrected chi connectivity index (χ3v) is 3.11. The minimum absolute atomic E-state index is 0.641. The van der Waals surface area contributed by atoms with Crippen LogP contribution in [0.4, 0.5) is 0 Å². The first-order valence-corrected chi connectivity index (χ1v) is 7.46. The number of hydrogen-bond acceptors (Lipinski definition) is 3. The highest BCUT2D eigenvalue weighted by Crippen LogP contribution is 2.32. The molecule has 1 rings (SSSR count). The molecule has 0 saturated heterocycles. The predicted molar refractivity (Wildman–Crippen MR) is 85.6 cm³/mol. The van der Waals surface area contributed by atoms with E-state index < -0.39 is 0 Å². The summed E-state index contributed by atoms with van der Waals surface area (Å²) in [6.07, 6.45) is 4.38. The lowest BCUT2D eigenvalue weighted by atomic mass is 10.1. The van der Waals surface area contributed by atoms with E-state index in [4.69, 9.17) is 9.47 Å². The summed E-state index contributed by atoms with van der Waals surface area (Å²) >= 11 is 0. The van der Waals surface area contributed by atoms with E-state index in [2.05, 4.69) is 31.3 Å². The summed E-state index contributed by atoms with van der Waals surface area (Å²) in [5.41, 5.74) is 2.44. The van der Waals surface area contributed by atoms with Gasteiger partial charge in [-0.1, -0.05) is 37.6 Å². The summed E-state index contributed by atoms with van der Waals surface area (Å²) < 4.78 is 11.1. The van der Waals surface area contributed by atoms with Crippen LogP contribution in [-0.2, 0) is 0 Å². The van der Waals surface area contributed by atoms with E-state index in [0.717, 1.165) is 43.0 Å². The summed E-state index contributed by atoms with van der Waals surface area (Å²) in [6, 6.07) is 6.02. The van der Waals surface area contributed by atoms with Gasteiger partial charge in [-0.2, -0.15) is 0 Å². The van der Waals surface area contributed by atoms with Crippen molar-refractivity contribution >= 4 is 6.08 Å². The fourth-order valence-electron chi connectivity index (χ4n) is 2.06. The van der Waals surface area contributed by atoms with Gasteiger partial charge in [0.1, 0.15) is 0 Å². The van der Waals surface area contributed by atoms with Crippen LogP contribution in [0.15, 0.2) is 23.8 Å². The molecule has 112 valence electrons. The van der Waals surface area contributed by atoms with Crippen LogP contribution in [0.1, 0.15) is 39.2 Å². The predicted octanol–water partition coefficient (Wildman–Crippen LogP) is 3.89. The molecule has 3 heteroatoms. The fraction of sp³-hybridized carbons (Fsp3) is 0.529. The van der Waals surface area contributed by atoms with Gasteiger partial charge in [0.2, 0.25) is 0 Å². The van der Waals surface area contributed by atoms with Gasteiger partial charge in [-0.3, -0.25) is 0 Å². The van der Waals surface area contributed by atoms with Crippen LogP contribution >= 0.6 is 0 Å². The zero-order valence-electron chi connectivity index (χ0n) is 13.2. The first-order valence-electron chi connectivity index (χ1n) is 7.46. The number of para-hydroxylation sites is 1. The Bertz CT molecular complexity index is 427. The SMILES string of the molecule is CCCNCC(=Cc1cccc(OCC)c1OC)CC. The maximum absolute atomic E-state index is 5.61. The van der Waals surface area contributed by atoms with Crippen molar-refractivity contribution in [2.24, 2.45) is 0 Å². The van der Waals surface area contributed by atoms with E-state index in [1.807, 2.05) is 19.1 Å². The van der Waals surface area contributed by atoms with Crippen molar-refractivity contribution in [3.05, 3.63) is 29.3 Å². The molecule has 0 amide bonds. The van der Waals surface area contributed by atoms with Crippen molar-refractivity contribution in [1.82, 2.24) is 5.32 Å². The number of benzene rings is 1. The lowest BCUT2D eigenvalue weighted by Crippen LogP contribution is -2.17. The van der Waals surface area contributed by atoms with Gasteiger partial charge >= 0.3 is 0 Å². The number of ether oxygens (including phenoxy) is 2. The van der Waals surface area contributed by atoms with E-state index in [0.29, 0.717) is 6.61 Å². The third-order valence-electron chi connectivity index (χ3n) is 3.11. The molecule has 0 fully saturated rings. The Morgan fingerprint density at radius 1 is 1.25 bits per heavy atom. The topological polar surface area (TPSA) is 30.5 Å². The van der Waals surface area contributed by atoms with Crippen molar-refractivity contribution in [2.75, 3.05) is 26.8 Å². The molecule has 0 aliphatic heterocycles. The molecule has 20 heavy (non-hydrogen) atoms. The molecule has 0 aliphatic carbocycles. The Hall–Kier alpha value is -1.48. The number of rotatable bonds is 9. The van der Waals surface area contributed by atoms with Gasteiger partial charge in [-0.05, 0) is 32.4 Å². The average molecular weight is 277 g/mol. The van der Waals surface area contributed by atoms with Crippen LogP contribution in [0.25, 0.3) is 6.08 Å². The molecule has 0 aromatic heterocycles. The first kappa shape index (κ1) is 16.6. The number of methoxy groups -OCH3 is 1. The molecule has 3 nitrogen and oxygen atoms in total. The molecular formula is C17H27NO2. The molecule has 1 aromatic rings. The molecule has 1 aromatic carbocycles. The van der Waals surface area contributed by atoms with E-state index in [9.17, 15) is 0 Å². The normalized spacial score (nSPS) is 11.5. The molecule has 0 radical (unpaired) electrons. The van der Waals surface area contributed by atoms with Gasteiger partial charge in [0, 0.05) is 12.1 Å². The molecule has 0 saturated carbocycles. The molecule has 0 spiro atoms. The Kier molecular flexibility index (Phi) is 7.81. The Labute approximate surface area is 123 Å². The van der Waals surface area contributed by atoms with Gasteiger partial charge in [0.15, 0.2) is 11.5 Å². The molecule has 0 bridgehead atoms. The smallest absolute Gasteiger partial charge is 0.167 e. The van der Waals surface area contributed by atoms with Crippen molar-refractivity contribution in [2.45, 2.75) is 33.6 Å². The van der Waals surface area contributed by atoms with Crippen molar-refractivity contribution in [3.63, 3.8) is 0 Å². The maximum atomic E-state index is 5.61. The minimum atomic E-state index is 0.641. The maximum Gasteiger partial charge on any atom is 0.167 e. The van der Waals surface area contributed by atoms with Crippen LogP contribution in [0.3, 0.4) is 0 Å². The van der Waals surface area contributed by atoms with Gasteiger partial charge in [-0.15, -0.1) is 0 Å². The first-order chi connectivity index (χ1) is 9.76. The van der Waals surface area contributed by atoms with Gasteiger partial charge in [-0.25, -0.2) is 0 Å². The van der Waals surface area contributed by atoms with Crippen LogP contribution in [-0.4, -0.2) is 26.8 Å². The molecule has 1 N–H and O–H groups in total. The lowest BCUT2D eigenvalue weighted by molar-refractivity contribution is 0.310. The zero-order chi connectivity index (χ0) is 14.8. The highest BCUT2D eigenvalue weighted by molar-refractivity contribution is 5.64. The Balaban J connectivity index is 2.95. The van der Waals surface area contributed by atoms with E-state index in [-0.39, 0.29) is 0 Å². The van der Waals surface area contributed by atoms with Crippen molar-refractivity contribution in [1.29, 1.82) is 0 Å². The van der Waals surface area contributed by atoms with E-state index in [1.54, 1.807) is 7.11 Å². The quantitative estimate of drug-likeness (QED) is 0.695. The lowest BCUT2D eigenvalue weighted by Gasteiger charge is -2.13. The second-order valence-electron chi connectivity index (χ2n) is 4.64. The third kappa shape index (κ3) is 4.89. The largest absolute Gasteiger partial charge is 0.492 e. The highest BCUT2D eigenvalue weighted by atomic mass is 16.5. The molecule has 0 aliphatic rings. The van der Waals surface area contributed by atoms with Crippen LogP contribution in [0.2, 0.25) is 0 Å². The second kappa shape index (κ2) is 9.43. The molecule has 0 atom stereocenters.